The van der Waals surface area contributed by atoms with E-state index in [2.05, 4.69) is 10.3 Å². The normalized spacial score (nSPS) is 26.3. The Bertz CT molecular complexity index is 1100. The van der Waals surface area contributed by atoms with Gasteiger partial charge in [-0.3, -0.25) is 0 Å². The van der Waals surface area contributed by atoms with Crippen molar-refractivity contribution in [3.8, 4) is 0 Å². The Morgan fingerprint density at radius 2 is 1.71 bits per heavy atom. The van der Waals surface area contributed by atoms with E-state index in [-0.39, 0.29) is 24.1 Å². The van der Waals surface area contributed by atoms with Crippen molar-refractivity contribution < 1.29 is 22.0 Å². The van der Waals surface area contributed by atoms with Crippen LogP contribution in [-0.2, 0) is 0 Å². The van der Waals surface area contributed by atoms with Crippen LogP contribution in [0.4, 0.5) is 22.0 Å². The van der Waals surface area contributed by atoms with Gasteiger partial charge in [0.2, 0.25) is 0 Å². The number of rotatable bonds is 5. The third-order valence-electron chi connectivity index (χ3n) is 6.70. The van der Waals surface area contributed by atoms with Gasteiger partial charge < -0.3 is 9.88 Å². The van der Waals surface area contributed by atoms with Gasteiger partial charge in [0.15, 0.2) is 11.6 Å². The summed E-state index contributed by atoms with van der Waals surface area (Å²) in [6, 6.07) is 6.29. The Morgan fingerprint density at radius 3 is 2.35 bits per heavy atom. The number of halogens is 6. The summed E-state index contributed by atoms with van der Waals surface area (Å²) in [4.78, 5) is 4.16. The average Bonchev–Trinajstić information content (AvgIpc) is 3.04. The molecule has 5 atom stereocenters. The molecule has 9 heteroatoms. The number of alkyl halides is 3. The first-order valence-electron chi connectivity index (χ1n) is 10.1. The molecule has 0 saturated heterocycles. The van der Waals surface area contributed by atoms with Gasteiger partial charge in [-0.15, -0.1) is 0 Å². The standard InChI is InChI=1S/C22H19ClF5N3/c23-12-3-1-11(2-4-12)21(22(26,27)28)29-9-16-14-5-13(6-15(14)16)31-10-30-19-7-17(24)18(25)8-20(19)31/h1-4,7-8,10,13-16,21,29H,5-6,9H2/t13-,14-,15+,16+,21?. The van der Waals surface area contributed by atoms with Crippen LogP contribution in [0.25, 0.3) is 11.0 Å². The predicted octanol–water partition coefficient (Wildman–Crippen LogP) is 6.06. The zero-order chi connectivity index (χ0) is 21.9. The van der Waals surface area contributed by atoms with Crippen molar-refractivity contribution in [1.82, 2.24) is 14.9 Å². The molecule has 1 unspecified atom stereocenters. The van der Waals surface area contributed by atoms with Crippen LogP contribution in [0.1, 0.15) is 30.5 Å². The van der Waals surface area contributed by atoms with Gasteiger partial charge in [-0.1, -0.05) is 23.7 Å². The molecule has 0 radical (unpaired) electrons. The lowest BCUT2D eigenvalue weighted by atomic mass is 10.0. The Labute approximate surface area is 180 Å². The van der Waals surface area contributed by atoms with Gasteiger partial charge in [-0.05, 0) is 54.8 Å². The van der Waals surface area contributed by atoms with Gasteiger partial charge in [0.25, 0.3) is 0 Å². The van der Waals surface area contributed by atoms with Gasteiger partial charge in [-0.25, -0.2) is 13.8 Å². The second kappa shape index (κ2) is 7.45. The van der Waals surface area contributed by atoms with Crippen LogP contribution < -0.4 is 5.32 Å². The number of nitrogens with one attached hydrogen (secondary N) is 1. The molecule has 0 bridgehead atoms. The number of benzene rings is 2. The summed E-state index contributed by atoms with van der Waals surface area (Å²) >= 11 is 5.79. The van der Waals surface area contributed by atoms with E-state index in [1.54, 1.807) is 6.33 Å². The number of imidazole rings is 1. The number of aromatic nitrogens is 2. The molecule has 2 saturated carbocycles. The maximum absolute atomic E-state index is 13.7. The van der Waals surface area contributed by atoms with Crippen molar-refractivity contribution in [2.24, 2.45) is 17.8 Å². The van der Waals surface area contributed by atoms with E-state index in [1.807, 2.05) is 4.57 Å². The second-order valence-corrected chi connectivity index (χ2v) is 8.89. The van der Waals surface area contributed by atoms with E-state index in [0.29, 0.717) is 27.9 Å². The van der Waals surface area contributed by atoms with Gasteiger partial charge in [-0.2, -0.15) is 13.2 Å². The molecule has 1 N–H and O–H groups in total. The highest BCUT2D eigenvalue weighted by molar-refractivity contribution is 6.30. The molecule has 0 amide bonds. The van der Waals surface area contributed by atoms with Crippen molar-refractivity contribution in [3.05, 3.63) is 64.9 Å². The molecule has 0 aliphatic heterocycles. The molecule has 3 aromatic rings. The summed E-state index contributed by atoms with van der Waals surface area (Å²) < 4.78 is 69.6. The van der Waals surface area contributed by atoms with Crippen LogP contribution >= 0.6 is 11.6 Å². The highest BCUT2D eigenvalue weighted by Gasteiger charge is 2.56. The minimum Gasteiger partial charge on any atom is -0.327 e. The number of fused-ring (bicyclic) bond motifs is 2. The van der Waals surface area contributed by atoms with Crippen molar-refractivity contribution in [2.45, 2.75) is 31.1 Å². The molecule has 0 spiro atoms. The van der Waals surface area contributed by atoms with E-state index in [0.717, 1.165) is 25.0 Å². The highest BCUT2D eigenvalue weighted by Crippen LogP contribution is 2.61. The molecular weight excluding hydrogens is 437 g/mol. The van der Waals surface area contributed by atoms with Crippen molar-refractivity contribution in [3.63, 3.8) is 0 Å². The SMILES string of the molecule is Fc1cc2ncn([C@H]3C[C@@H]4[C@@H](CNC(c5ccc(Cl)cc5)C(F)(F)F)[C@@H]4C3)c2cc1F. The Morgan fingerprint density at radius 1 is 1.06 bits per heavy atom. The fourth-order valence-corrected chi connectivity index (χ4v) is 5.25. The molecular formula is C22H19ClF5N3. The van der Waals surface area contributed by atoms with Crippen LogP contribution in [0.3, 0.4) is 0 Å². The lowest BCUT2D eigenvalue weighted by molar-refractivity contribution is -0.158. The molecule has 1 heterocycles. The topological polar surface area (TPSA) is 29.9 Å². The van der Waals surface area contributed by atoms with E-state index < -0.39 is 23.9 Å². The monoisotopic (exact) mass is 455 g/mol. The molecule has 31 heavy (non-hydrogen) atoms. The van der Waals surface area contributed by atoms with Crippen molar-refractivity contribution in [1.29, 1.82) is 0 Å². The third-order valence-corrected chi connectivity index (χ3v) is 6.95. The first-order chi connectivity index (χ1) is 14.7. The summed E-state index contributed by atoms with van der Waals surface area (Å²) in [5, 5.41) is 3.09. The quantitative estimate of drug-likeness (QED) is 0.474. The van der Waals surface area contributed by atoms with Crippen LogP contribution in [-0.4, -0.2) is 22.3 Å². The summed E-state index contributed by atoms with van der Waals surface area (Å²) in [6.07, 6.45) is -1.24. The largest absolute Gasteiger partial charge is 0.407 e. The van der Waals surface area contributed by atoms with Crippen LogP contribution in [0.15, 0.2) is 42.7 Å². The highest BCUT2D eigenvalue weighted by atomic mass is 35.5. The maximum atomic E-state index is 13.7. The van der Waals surface area contributed by atoms with Crippen LogP contribution in [0.5, 0.6) is 0 Å². The number of nitrogens with zero attached hydrogens (tertiary/aromatic N) is 2. The van der Waals surface area contributed by atoms with Gasteiger partial charge in [0, 0.05) is 23.2 Å². The first kappa shape index (κ1) is 20.7. The zero-order valence-corrected chi connectivity index (χ0v) is 17.0. The Hall–Kier alpha value is -2.19. The third kappa shape index (κ3) is 3.80. The smallest absolute Gasteiger partial charge is 0.327 e. The predicted molar refractivity (Wildman–Crippen MR) is 107 cm³/mol. The molecule has 2 aromatic carbocycles. The minimum absolute atomic E-state index is 0.0933. The lowest BCUT2D eigenvalue weighted by Gasteiger charge is -2.23. The van der Waals surface area contributed by atoms with Crippen molar-refractivity contribution in [2.75, 3.05) is 6.54 Å². The van der Waals surface area contributed by atoms with Crippen molar-refractivity contribution >= 4 is 22.6 Å². The maximum Gasteiger partial charge on any atom is 0.407 e. The second-order valence-electron chi connectivity index (χ2n) is 8.46. The lowest BCUT2D eigenvalue weighted by Crippen LogP contribution is -2.36. The van der Waals surface area contributed by atoms with E-state index in [9.17, 15) is 22.0 Å². The zero-order valence-electron chi connectivity index (χ0n) is 16.2. The van der Waals surface area contributed by atoms with Gasteiger partial charge in [0.1, 0.15) is 6.04 Å². The average molecular weight is 456 g/mol. The van der Waals surface area contributed by atoms with E-state index in [4.69, 9.17) is 11.6 Å². The van der Waals surface area contributed by atoms with E-state index >= 15 is 0 Å². The van der Waals surface area contributed by atoms with Gasteiger partial charge >= 0.3 is 6.18 Å². The minimum atomic E-state index is -4.41. The summed E-state index contributed by atoms with van der Waals surface area (Å²) in [5.41, 5.74) is 1.08. The fraction of sp³-hybridized carbons (Fsp3) is 0.409. The van der Waals surface area contributed by atoms with Gasteiger partial charge in [0.05, 0.1) is 17.4 Å². The van der Waals surface area contributed by atoms with Crippen LogP contribution in [0, 0.1) is 29.4 Å². The fourth-order valence-electron chi connectivity index (χ4n) is 5.12. The molecule has 2 fully saturated rings. The number of hydrogen-bond donors (Lipinski definition) is 1. The summed E-state index contributed by atoms with van der Waals surface area (Å²) in [5.74, 6) is -1.03. The molecule has 1 aromatic heterocycles. The Balaban J connectivity index is 1.23. The molecule has 2 aliphatic rings. The Kier molecular flexibility index (Phi) is 4.97. The van der Waals surface area contributed by atoms with E-state index in [1.165, 1.54) is 24.3 Å². The van der Waals surface area contributed by atoms with Crippen LogP contribution in [0.2, 0.25) is 5.02 Å². The first-order valence-corrected chi connectivity index (χ1v) is 10.5. The molecule has 2 aliphatic carbocycles. The molecule has 5 rings (SSSR count). The molecule has 164 valence electrons. The molecule has 3 nitrogen and oxygen atoms in total. The number of hydrogen-bond acceptors (Lipinski definition) is 2. The summed E-state index contributed by atoms with van der Waals surface area (Å²) in [6.45, 7) is 0.277. The summed E-state index contributed by atoms with van der Waals surface area (Å²) in [7, 11) is 0.